The molecule has 0 saturated heterocycles. The van der Waals surface area contributed by atoms with Gasteiger partial charge in [0.25, 0.3) is 0 Å². The van der Waals surface area contributed by atoms with Crippen molar-refractivity contribution in [2.24, 2.45) is 0 Å². The Hall–Kier alpha value is -1.91. The second-order valence-electron chi connectivity index (χ2n) is 5.99. The van der Waals surface area contributed by atoms with Crippen molar-refractivity contribution in [3.63, 3.8) is 0 Å². The van der Waals surface area contributed by atoms with E-state index in [0.29, 0.717) is 13.1 Å². The molecule has 3 rings (SSSR count). The topological polar surface area (TPSA) is 62.3 Å². The molecule has 0 spiro atoms. The van der Waals surface area contributed by atoms with Crippen molar-refractivity contribution in [3.05, 3.63) is 29.6 Å². The summed E-state index contributed by atoms with van der Waals surface area (Å²) in [6.07, 6.45) is 6.21. The van der Waals surface area contributed by atoms with Crippen LogP contribution in [0.25, 0.3) is 0 Å². The summed E-state index contributed by atoms with van der Waals surface area (Å²) < 4.78 is 0. The molecule has 1 atom stereocenters. The monoisotopic (exact) mass is 287 g/mol. The maximum Gasteiger partial charge on any atom is 0.231 e. The molecule has 0 aromatic carbocycles. The summed E-state index contributed by atoms with van der Waals surface area (Å²) in [7, 11) is 0. The van der Waals surface area contributed by atoms with Gasteiger partial charge in [0, 0.05) is 32.3 Å². The SMILES string of the molecule is CC(=O)N1Cc2cccnc2C(C(=O)NC2CCCC2)C1. The molecule has 2 aliphatic rings. The van der Waals surface area contributed by atoms with Crippen LogP contribution in [0.4, 0.5) is 0 Å². The summed E-state index contributed by atoms with van der Waals surface area (Å²) in [5, 5.41) is 3.13. The smallest absolute Gasteiger partial charge is 0.231 e. The molecule has 21 heavy (non-hydrogen) atoms. The van der Waals surface area contributed by atoms with Gasteiger partial charge in [-0.2, -0.15) is 0 Å². The number of carbonyl (C=O) groups excluding carboxylic acids is 2. The molecule has 1 aliphatic carbocycles. The van der Waals surface area contributed by atoms with Crippen molar-refractivity contribution in [2.75, 3.05) is 6.54 Å². The lowest BCUT2D eigenvalue weighted by atomic mass is 9.93. The zero-order valence-electron chi connectivity index (χ0n) is 12.3. The Labute approximate surface area is 124 Å². The second kappa shape index (κ2) is 5.84. The van der Waals surface area contributed by atoms with Crippen LogP contribution in [0.5, 0.6) is 0 Å². The van der Waals surface area contributed by atoms with E-state index in [1.54, 1.807) is 18.0 Å². The molecule has 1 aliphatic heterocycles. The van der Waals surface area contributed by atoms with Crippen LogP contribution < -0.4 is 5.32 Å². The number of carbonyl (C=O) groups is 2. The van der Waals surface area contributed by atoms with E-state index in [1.165, 1.54) is 12.8 Å². The third-order valence-electron chi connectivity index (χ3n) is 4.48. The minimum absolute atomic E-state index is 0.00293. The Morgan fingerprint density at radius 3 is 2.81 bits per heavy atom. The standard InChI is InChI=1S/C16H21N3O2/c1-11(20)19-9-12-5-4-8-17-15(12)14(10-19)16(21)18-13-6-2-3-7-13/h4-5,8,13-14H,2-3,6-7,9-10H2,1H3,(H,18,21). The third-order valence-corrected chi connectivity index (χ3v) is 4.48. The van der Waals surface area contributed by atoms with Crippen molar-refractivity contribution in [1.29, 1.82) is 0 Å². The molecule has 112 valence electrons. The van der Waals surface area contributed by atoms with Crippen LogP contribution in [0.1, 0.15) is 49.8 Å². The van der Waals surface area contributed by atoms with Gasteiger partial charge in [-0.3, -0.25) is 14.6 Å². The average Bonchev–Trinajstić information content (AvgIpc) is 2.98. The maximum absolute atomic E-state index is 12.6. The minimum Gasteiger partial charge on any atom is -0.353 e. The van der Waals surface area contributed by atoms with E-state index in [1.807, 2.05) is 12.1 Å². The quantitative estimate of drug-likeness (QED) is 0.898. The predicted octanol–water partition coefficient (Wildman–Crippen LogP) is 1.59. The van der Waals surface area contributed by atoms with E-state index < -0.39 is 0 Å². The fourth-order valence-electron chi connectivity index (χ4n) is 3.29. The Balaban J connectivity index is 1.81. The van der Waals surface area contributed by atoms with Gasteiger partial charge >= 0.3 is 0 Å². The summed E-state index contributed by atoms with van der Waals surface area (Å²) in [6, 6.07) is 4.10. The first-order valence-electron chi connectivity index (χ1n) is 7.65. The molecular weight excluding hydrogens is 266 g/mol. The van der Waals surface area contributed by atoms with Gasteiger partial charge in [0.15, 0.2) is 0 Å². The zero-order chi connectivity index (χ0) is 14.8. The van der Waals surface area contributed by atoms with Crippen molar-refractivity contribution in [3.8, 4) is 0 Å². The van der Waals surface area contributed by atoms with E-state index in [0.717, 1.165) is 24.1 Å². The highest BCUT2D eigenvalue weighted by atomic mass is 16.2. The summed E-state index contributed by atoms with van der Waals surface area (Å²) in [6.45, 7) is 2.52. The normalized spacial score (nSPS) is 22.0. The summed E-state index contributed by atoms with van der Waals surface area (Å²) in [5.41, 5.74) is 1.80. The number of nitrogens with one attached hydrogen (secondary N) is 1. The molecule has 1 fully saturated rings. The summed E-state index contributed by atoms with van der Waals surface area (Å²) >= 11 is 0. The molecule has 5 heteroatoms. The average molecular weight is 287 g/mol. The van der Waals surface area contributed by atoms with Gasteiger partial charge < -0.3 is 10.2 Å². The highest BCUT2D eigenvalue weighted by Crippen LogP contribution is 2.27. The van der Waals surface area contributed by atoms with E-state index >= 15 is 0 Å². The molecule has 0 bridgehead atoms. The molecule has 1 aromatic rings. The Kier molecular flexibility index (Phi) is 3.90. The number of amides is 2. The van der Waals surface area contributed by atoms with E-state index in [4.69, 9.17) is 0 Å². The fraction of sp³-hybridized carbons (Fsp3) is 0.562. The van der Waals surface area contributed by atoms with E-state index in [2.05, 4.69) is 10.3 Å². The van der Waals surface area contributed by atoms with Crippen LogP contribution in [0.3, 0.4) is 0 Å². The van der Waals surface area contributed by atoms with Crippen LogP contribution in [0, 0.1) is 0 Å². The lowest BCUT2D eigenvalue weighted by Crippen LogP contribution is -2.45. The summed E-state index contributed by atoms with van der Waals surface area (Å²) in [4.78, 5) is 30.4. The highest BCUT2D eigenvalue weighted by Gasteiger charge is 2.33. The lowest BCUT2D eigenvalue weighted by Gasteiger charge is -2.33. The van der Waals surface area contributed by atoms with Crippen LogP contribution in [-0.4, -0.2) is 34.3 Å². The molecule has 1 N–H and O–H groups in total. The molecule has 1 unspecified atom stereocenters. The van der Waals surface area contributed by atoms with Crippen LogP contribution >= 0.6 is 0 Å². The number of pyridine rings is 1. The Morgan fingerprint density at radius 1 is 1.33 bits per heavy atom. The fourth-order valence-corrected chi connectivity index (χ4v) is 3.29. The molecular formula is C16H21N3O2. The molecule has 2 amide bonds. The largest absolute Gasteiger partial charge is 0.353 e. The lowest BCUT2D eigenvalue weighted by molar-refractivity contribution is -0.131. The van der Waals surface area contributed by atoms with Gasteiger partial charge in [-0.05, 0) is 24.5 Å². The van der Waals surface area contributed by atoms with Gasteiger partial charge in [-0.1, -0.05) is 18.9 Å². The van der Waals surface area contributed by atoms with Crippen molar-refractivity contribution in [2.45, 2.75) is 51.1 Å². The van der Waals surface area contributed by atoms with Gasteiger partial charge in [0.05, 0.1) is 11.6 Å². The number of hydrogen-bond donors (Lipinski definition) is 1. The highest BCUT2D eigenvalue weighted by molar-refractivity contribution is 5.85. The van der Waals surface area contributed by atoms with E-state index in [9.17, 15) is 9.59 Å². The van der Waals surface area contributed by atoms with Crippen molar-refractivity contribution >= 4 is 11.8 Å². The predicted molar refractivity (Wildman–Crippen MR) is 78.5 cm³/mol. The first-order chi connectivity index (χ1) is 10.1. The molecule has 1 saturated carbocycles. The molecule has 2 heterocycles. The van der Waals surface area contributed by atoms with Crippen molar-refractivity contribution < 1.29 is 9.59 Å². The van der Waals surface area contributed by atoms with E-state index in [-0.39, 0.29) is 23.8 Å². The second-order valence-corrected chi connectivity index (χ2v) is 5.99. The van der Waals surface area contributed by atoms with Gasteiger partial charge in [-0.25, -0.2) is 0 Å². The number of fused-ring (bicyclic) bond motifs is 1. The van der Waals surface area contributed by atoms with Crippen LogP contribution in [0.15, 0.2) is 18.3 Å². The van der Waals surface area contributed by atoms with Gasteiger partial charge in [-0.15, -0.1) is 0 Å². The van der Waals surface area contributed by atoms with Crippen LogP contribution in [-0.2, 0) is 16.1 Å². The van der Waals surface area contributed by atoms with Gasteiger partial charge in [0.1, 0.15) is 0 Å². The maximum atomic E-state index is 12.6. The number of aromatic nitrogens is 1. The van der Waals surface area contributed by atoms with Crippen molar-refractivity contribution in [1.82, 2.24) is 15.2 Å². The first-order valence-corrected chi connectivity index (χ1v) is 7.65. The van der Waals surface area contributed by atoms with Crippen LogP contribution in [0.2, 0.25) is 0 Å². The minimum atomic E-state index is -0.348. The molecule has 0 radical (unpaired) electrons. The molecule has 1 aromatic heterocycles. The van der Waals surface area contributed by atoms with Gasteiger partial charge in [0.2, 0.25) is 11.8 Å². The summed E-state index contributed by atoms with van der Waals surface area (Å²) in [5.74, 6) is -0.338. The zero-order valence-corrected chi connectivity index (χ0v) is 12.3. The first kappa shape index (κ1) is 14.0. The Morgan fingerprint density at radius 2 is 2.10 bits per heavy atom. The number of rotatable bonds is 2. The number of nitrogens with zero attached hydrogens (tertiary/aromatic N) is 2. The number of hydrogen-bond acceptors (Lipinski definition) is 3. The Bertz CT molecular complexity index is 552. The third kappa shape index (κ3) is 2.91. The molecule has 5 nitrogen and oxygen atoms in total.